The Morgan fingerprint density at radius 2 is 1.83 bits per heavy atom. The van der Waals surface area contributed by atoms with Crippen molar-refractivity contribution in [1.82, 2.24) is 9.80 Å². The highest BCUT2D eigenvalue weighted by atomic mass is 35.5. The fourth-order valence-corrected chi connectivity index (χ4v) is 5.65. The number of fused-ring (bicyclic) bond motifs is 1. The van der Waals surface area contributed by atoms with Gasteiger partial charge >= 0.3 is 12.3 Å². The van der Waals surface area contributed by atoms with E-state index in [4.69, 9.17) is 16.3 Å². The quantitative estimate of drug-likeness (QED) is 0.323. The van der Waals surface area contributed by atoms with Crippen molar-refractivity contribution in [2.75, 3.05) is 6.54 Å². The van der Waals surface area contributed by atoms with Crippen LogP contribution in [0.2, 0.25) is 5.02 Å². The highest BCUT2D eigenvalue weighted by Gasteiger charge is 2.44. The number of carbonyl (C=O) groups is 3. The van der Waals surface area contributed by atoms with Crippen molar-refractivity contribution in [3.63, 3.8) is 0 Å². The largest absolute Gasteiger partial charge is 0.444 e. The van der Waals surface area contributed by atoms with Crippen LogP contribution in [0.3, 0.4) is 0 Å². The van der Waals surface area contributed by atoms with Crippen molar-refractivity contribution in [1.29, 1.82) is 0 Å². The van der Waals surface area contributed by atoms with Gasteiger partial charge < -0.3 is 9.64 Å². The molecule has 3 unspecified atom stereocenters. The van der Waals surface area contributed by atoms with Gasteiger partial charge in [0.1, 0.15) is 11.9 Å². The van der Waals surface area contributed by atoms with Crippen LogP contribution in [0.4, 0.5) is 22.4 Å². The summed E-state index contributed by atoms with van der Waals surface area (Å²) in [5.41, 5.74) is -0.128. The summed E-state index contributed by atoms with van der Waals surface area (Å²) in [4.78, 5) is 42.7. The van der Waals surface area contributed by atoms with Gasteiger partial charge in [0, 0.05) is 24.4 Å². The predicted octanol–water partition coefficient (Wildman–Crippen LogP) is 7.27. The van der Waals surface area contributed by atoms with Gasteiger partial charge in [0.25, 0.3) is 0 Å². The zero-order valence-corrected chi connectivity index (χ0v) is 24.6. The molecule has 2 aliphatic heterocycles. The third-order valence-corrected chi connectivity index (χ3v) is 8.00. The lowest BCUT2D eigenvalue weighted by atomic mass is 9.79. The minimum Gasteiger partial charge on any atom is -0.444 e. The molecule has 1 saturated heterocycles. The maximum absolute atomic E-state index is 14.0. The molecule has 0 aromatic heterocycles. The number of alkyl halides is 3. The zero-order valence-electron chi connectivity index (χ0n) is 23.8. The van der Waals surface area contributed by atoms with Crippen LogP contribution in [0.15, 0.2) is 42.5 Å². The van der Waals surface area contributed by atoms with Crippen molar-refractivity contribution < 1.29 is 36.7 Å². The minimum absolute atomic E-state index is 0.0128. The van der Waals surface area contributed by atoms with Crippen LogP contribution in [0, 0.1) is 17.2 Å². The molecule has 2 aromatic rings. The number of rotatable bonds is 6. The molecule has 2 heterocycles. The molecule has 226 valence electrons. The molecule has 2 aromatic carbocycles. The van der Waals surface area contributed by atoms with E-state index in [0.717, 1.165) is 23.3 Å². The highest BCUT2D eigenvalue weighted by molar-refractivity contribution is 6.31. The smallest absolute Gasteiger partial charge is 0.416 e. The van der Waals surface area contributed by atoms with Gasteiger partial charge in [-0.3, -0.25) is 14.5 Å². The molecule has 3 atom stereocenters. The number of amides is 2. The van der Waals surface area contributed by atoms with Gasteiger partial charge in [-0.15, -0.1) is 0 Å². The van der Waals surface area contributed by atoms with Crippen LogP contribution < -0.4 is 0 Å². The summed E-state index contributed by atoms with van der Waals surface area (Å²) in [6, 6.07) is 6.79. The Morgan fingerprint density at radius 1 is 1.12 bits per heavy atom. The van der Waals surface area contributed by atoms with E-state index in [0.29, 0.717) is 17.6 Å². The van der Waals surface area contributed by atoms with E-state index in [-0.39, 0.29) is 37.3 Å². The van der Waals surface area contributed by atoms with Crippen LogP contribution in [0.5, 0.6) is 0 Å². The Hall–Kier alpha value is -3.40. The molecular formula is C31H33ClF4N2O4. The van der Waals surface area contributed by atoms with Gasteiger partial charge in [-0.25, -0.2) is 9.18 Å². The summed E-state index contributed by atoms with van der Waals surface area (Å²) in [5, 5.41) is 0.559. The Kier molecular flexibility index (Phi) is 9.06. The molecule has 1 fully saturated rings. The van der Waals surface area contributed by atoms with Gasteiger partial charge in [0.2, 0.25) is 5.91 Å². The fraction of sp³-hybridized carbons (Fsp3) is 0.452. The molecule has 2 aliphatic rings. The number of benzene rings is 2. The average Bonchev–Trinajstić information content (AvgIpc) is 3.52. The molecule has 0 saturated carbocycles. The maximum atomic E-state index is 14.0. The van der Waals surface area contributed by atoms with Crippen molar-refractivity contribution in [2.24, 2.45) is 11.3 Å². The Labute approximate surface area is 247 Å². The number of ketones is 1. The van der Waals surface area contributed by atoms with E-state index in [1.807, 2.05) is 6.07 Å². The summed E-state index contributed by atoms with van der Waals surface area (Å²) in [6.07, 6.45) is -3.03. The first-order valence-corrected chi connectivity index (χ1v) is 14.1. The third kappa shape index (κ3) is 6.97. The third-order valence-electron chi connectivity index (χ3n) is 7.65. The summed E-state index contributed by atoms with van der Waals surface area (Å²) in [5.74, 6) is -2.55. The second kappa shape index (κ2) is 12.1. The topological polar surface area (TPSA) is 66.9 Å². The molecule has 0 spiro atoms. The van der Waals surface area contributed by atoms with Gasteiger partial charge in [0.05, 0.1) is 30.6 Å². The summed E-state index contributed by atoms with van der Waals surface area (Å²) >= 11 is 6.27. The molecule has 11 heteroatoms. The number of carbonyl (C=O) groups excluding carboxylic acids is 3. The average molecular weight is 609 g/mol. The van der Waals surface area contributed by atoms with Gasteiger partial charge in [0.15, 0.2) is 5.78 Å². The van der Waals surface area contributed by atoms with Crippen LogP contribution in [-0.2, 0) is 33.6 Å². The van der Waals surface area contributed by atoms with Crippen LogP contribution in [-0.4, -0.2) is 46.3 Å². The number of hydrogen-bond donors (Lipinski definition) is 0. The molecule has 0 bridgehead atoms. The molecule has 0 aliphatic carbocycles. The SMILES string of the molecule is CCC(=O)C1CC(OC(=O)N2Cc3cccc(Cl)c3C2)CN1C(=O)C(C=Cc1cc(F)cc(C(F)(F)F)c1)C(C)(C)C. The van der Waals surface area contributed by atoms with Crippen molar-refractivity contribution >= 4 is 35.5 Å². The molecule has 2 amide bonds. The maximum Gasteiger partial charge on any atom is 0.416 e. The van der Waals surface area contributed by atoms with Crippen LogP contribution >= 0.6 is 11.6 Å². The summed E-state index contributed by atoms with van der Waals surface area (Å²) in [7, 11) is 0. The fourth-order valence-electron chi connectivity index (χ4n) is 5.39. The lowest BCUT2D eigenvalue weighted by molar-refractivity contribution is -0.142. The minimum atomic E-state index is -4.73. The van der Waals surface area contributed by atoms with E-state index in [1.54, 1.807) is 39.8 Å². The lowest BCUT2D eigenvalue weighted by Gasteiger charge is -2.33. The first-order chi connectivity index (χ1) is 19.6. The number of Topliss-reactive ketones (excluding diaryl/α,β-unsaturated/α-hetero) is 1. The molecule has 42 heavy (non-hydrogen) atoms. The second-order valence-electron chi connectivity index (χ2n) is 11.8. The standard InChI is InChI=1S/C31H33ClF4N2O4/c1-5-27(39)26-14-22(42-29(41)37-15-19-7-6-8-25(32)23(19)17-37)16-38(26)28(40)24(30(2,3)4)10-9-18-11-20(31(34,35)36)13-21(33)12-18/h6-13,22,24,26H,5,14-17H2,1-4H3. The molecule has 0 radical (unpaired) electrons. The van der Waals surface area contributed by atoms with Gasteiger partial charge in [-0.2, -0.15) is 13.2 Å². The van der Waals surface area contributed by atoms with E-state index < -0.39 is 53.0 Å². The monoisotopic (exact) mass is 608 g/mol. The molecular weight excluding hydrogens is 576 g/mol. The highest BCUT2D eigenvalue weighted by Crippen LogP contribution is 2.35. The second-order valence-corrected chi connectivity index (χ2v) is 12.2. The summed E-state index contributed by atoms with van der Waals surface area (Å²) < 4.78 is 59.3. The normalized spacial score (nSPS) is 19.7. The molecule has 6 nitrogen and oxygen atoms in total. The number of halogens is 5. The zero-order chi connectivity index (χ0) is 31.0. The van der Waals surface area contributed by atoms with Crippen LogP contribution in [0.1, 0.15) is 62.8 Å². The number of ether oxygens (including phenoxy) is 1. The van der Waals surface area contributed by atoms with E-state index in [9.17, 15) is 31.9 Å². The van der Waals surface area contributed by atoms with E-state index in [2.05, 4.69) is 0 Å². The number of nitrogens with zero attached hydrogens (tertiary/aromatic N) is 2. The van der Waals surface area contributed by atoms with E-state index >= 15 is 0 Å². The number of likely N-dealkylation sites (tertiary alicyclic amines) is 1. The van der Waals surface area contributed by atoms with Crippen molar-refractivity contribution in [3.05, 3.63) is 75.6 Å². The Balaban J connectivity index is 1.53. The predicted molar refractivity (Wildman–Crippen MR) is 150 cm³/mol. The number of hydrogen-bond acceptors (Lipinski definition) is 4. The van der Waals surface area contributed by atoms with Gasteiger partial charge in [-0.1, -0.05) is 63.6 Å². The lowest BCUT2D eigenvalue weighted by Crippen LogP contribution is -2.46. The van der Waals surface area contributed by atoms with Crippen molar-refractivity contribution in [3.8, 4) is 0 Å². The Bertz CT molecular complexity index is 1400. The summed E-state index contributed by atoms with van der Waals surface area (Å²) in [6.45, 7) is 7.63. The molecule has 0 N–H and O–H groups in total. The first kappa shape index (κ1) is 31.5. The van der Waals surface area contributed by atoms with Gasteiger partial charge in [-0.05, 0) is 46.4 Å². The first-order valence-electron chi connectivity index (χ1n) is 13.7. The van der Waals surface area contributed by atoms with Crippen molar-refractivity contribution in [2.45, 2.75) is 71.9 Å². The van der Waals surface area contributed by atoms with E-state index in [1.165, 1.54) is 22.0 Å². The Morgan fingerprint density at radius 3 is 2.45 bits per heavy atom. The molecule has 4 rings (SSSR count). The van der Waals surface area contributed by atoms with Crippen LogP contribution in [0.25, 0.3) is 6.08 Å².